The van der Waals surface area contributed by atoms with Gasteiger partial charge in [-0.3, -0.25) is 0 Å². The van der Waals surface area contributed by atoms with Gasteiger partial charge in [-0.05, 0) is 24.3 Å². The molecular weight excluding hydrogens is 376 g/mol. The van der Waals surface area contributed by atoms with E-state index >= 15 is 0 Å². The SMILES string of the molecule is COc1ccc(S(=O)(=O)/N=c2\sc3cc(OC)c(OC)cc3n2C)cc1. The first-order valence-electron chi connectivity index (χ1n) is 7.56. The summed E-state index contributed by atoms with van der Waals surface area (Å²) in [5.41, 5.74) is 0.802. The van der Waals surface area contributed by atoms with Crippen LogP contribution in [0.5, 0.6) is 17.2 Å². The standard InChI is InChI=1S/C17H18N2O5S2/c1-19-13-9-14(23-3)15(24-4)10-16(13)25-17(19)18-26(20,21)12-7-5-11(22-2)6-8-12/h5-10H,1-4H3/b18-17-. The first-order chi connectivity index (χ1) is 12.4. The van der Waals surface area contributed by atoms with E-state index in [-0.39, 0.29) is 4.90 Å². The molecule has 2 aromatic carbocycles. The van der Waals surface area contributed by atoms with Crippen molar-refractivity contribution >= 4 is 31.6 Å². The van der Waals surface area contributed by atoms with Crippen molar-refractivity contribution in [2.75, 3.05) is 21.3 Å². The number of aryl methyl sites for hydroxylation is 1. The van der Waals surface area contributed by atoms with Crippen molar-refractivity contribution in [1.29, 1.82) is 0 Å². The maximum Gasteiger partial charge on any atom is 0.285 e. The molecule has 3 rings (SSSR count). The second-order valence-corrected chi connectivity index (χ2v) is 7.97. The Balaban J connectivity index is 2.15. The van der Waals surface area contributed by atoms with Crippen molar-refractivity contribution in [3.05, 3.63) is 41.2 Å². The molecule has 1 heterocycles. The van der Waals surface area contributed by atoms with Gasteiger partial charge in [0.05, 0.1) is 36.4 Å². The molecule has 0 N–H and O–H groups in total. The lowest BCUT2D eigenvalue weighted by atomic mass is 10.3. The summed E-state index contributed by atoms with van der Waals surface area (Å²) in [6, 6.07) is 9.71. The summed E-state index contributed by atoms with van der Waals surface area (Å²) < 4.78 is 47.4. The number of sulfonamides is 1. The summed E-state index contributed by atoms with van der Waals surface area (Å²) in [5, 5.41) is 0. The minimum Gasteiger partial charge on any atom is -0.497 e. The number of aromatic nitrogens is 1. The van der Waals surface area contributed by atoms with Crippen LogP contribution in [0.4, 0.5) is 0 Å². The largest absolute Gasteiger partial charge is 0.497 e. The molecule has 9 heteroatoms. The lowest BCUT2D eigenvalue weighted by Gasteiger charge is -2.07. The van der Waals surface area contributed by atoms with Crippen LogP contribution in [-0.2, 0) is 17.1 Å². The van der Waals surface area contributed by atoms with Gasteiger partial charge in [-0.25, -0.2) is 0 Å². The highest BCUT2D eigenvalue weighted by Crippen LogP contribution is 2.33. The molecule has 0 radical (unpaired) electrons. The third kappa shape index (κ3) is 3.27. The van der Waals surface area contributed by atoms with E-state index in [0.717, 1.165) is 10.2 Å². The van der Waals surface area contributed by atoms with Gasteiger partial charge < -0.3 is 18.8 Å². The van der Waals surface area contributed by atoms with Crippen LogP contribution in [0.2, 0.25) is 0 Å². The van der Waals surface area contributed by atoms with E-state index in [0.29, 0.717) is 22.0 Å². The predicted molar refractivity (Wildman–Crippen MR) is 99.6 cm³/mol. The minimum absolute atomic E-state index is 0.103. The molecule has 0 saturated heterocycles. The first kappa shape index (κ1) is 18.3. The number of hydrogen-bond donors (Lipinski definition) is 0. The van der Waals surface area contributed by atoms with Crippen LogP contribution in [-0.4, -0.2) is 34.3 Å². The molecule has 7 nitrogen and oxygen atoms in total. The molecule has 3 aromatic rings. The van der Waals surface area contributed by atoms with Gasteiger partial charge in [-0.2, -0.15) is 8.42 Å². The van der Waals surface area contributed by atoms with E-state index in [1.165, 1.54) is 30.6 Å². The van der Waals surface area contributed by atoms with Gasteiger partial charge >= 0.3 is 0 Å². The second-order valence-electron chi connectivity index (χ2n) is 5.36. The molecule has 0 unspecified atom stereocenters. The molecule has 0 saturated carbocycles. The van der Waals surface area contributed by atoms with Crippen LogP contribution >= 0.6 is 11.3 Å². The van der Waals surface area contributed by atoms with E-state index in [2.05, 4.69) is 4.40 Å². The predicted octanol–water partition coefficient (Wildman–Crippen LogP) is 2.56. The maximum atomic E-state index is 12.6. The van der Waals surface area contributed by atoms with Gasteiger partial charge in [-0.1, -0.05) is 11.3 Å². The summed E-state index contributed by atoms with van der Waals surface area (Å²) in [4.78, 5) is 0.456. The highest BCUT2D eigenvalue weighted by molar-refractivity contribution is 7.90. The number of methoxy groups -OCH3 is 3. The molecule has 26 heavy (non-hydrogen) atoms. The van der Waals surface area contributed by atoms with Crippen molar-refractivity contribution in [3.8, 4) is 17.2 Å². The Bertz CT molecular complexity index is 1110. The Hall–Kier alpha value is -2.52. The van der Waals surface area contributed by atoms with E-state index in [9.17, 15) is 8.42 Å². The Labute approximate surface area is 155 Å². The zero-order valence-corrected chi connectivity index (χ0v) is 16.3. The summed E-state index contributed by atoms with van der Waals surface area (Å²) in [6.45, 7) is 0. The van der Waals surface area contributed by atoms with Crippen LogP contribution in [0.1, 0.15) is 0 Å². The molecule has 1 aromatic heterocycles. The van der Waals surface area contributed by atoms with E-state index in [1.54, 1.807) is 50.1 Å². The quantitative estimate of drug-likeness (QED) is 0.665. The average molecular weight is 394 g/mol. The number of nitrogens with zero attached hydrogens (tertiary/aromatic N) is 2. The highest BCUT2D eigenvalue weighted by Gasteiger charge is 2.15. The third-order valence-electron chi connectivity index (χ3n) is 3.87. The average Bonchev–Trinajstić information content (AvgIpc) is 2.94. The number of fused-ring (bicyclic) bond motifs is 1. The van der Waals surface area contributed by atoms with Crippen LogP contribution < -0.4 is 19.0 Å². The number of thiazole rings is 1. The van der Waals surface area contributed by atoms with Crippen molar-refractivity contribution in [2.45, 2.75) is 4.90 Å². The molecule has 0 atom stereocenters. The summed E-state index contributed by atoms with van der Waals surface area (Å²) in [7, 11) is 2.54. The second kappa shape index (κ2) is 7.00. The fourth-order valence-electron chi connectivity index (χ4n) is 2.45. The van der Waals surface area contributed by atoms with Crippen LogP contribution in [0.15, 0.2) is 45.7 Å². The van der Waals surface area contributed by atoms with Gasteiger partial charge in [0.1, 0.15) is 5.75 Å². The van der Waals surface area contributed by atoms with Crippen molar-refractivity contribution < 1.29 is 22.6 Å². The van der Waals surface area contributed by atoms with Gasteiger partial charge in [0.15, 0.2) is 11.5 Å². The monoisotopic (exact) mass is 394 g/mol. The number of benzene rings is 2. The van der Waals surface area contributed by atoms with Gasteiger partial charge in [0.25, 0.3) is 10.0 Å². The Morgan fingerprint density at radius 2 is 1.58 bits per heavy atom. The highest BCUT2D eigenvalue weighted by atomic mass is 32.2. The fourth-order valence-corrected chi connectivity index (χ4v) is 4.70. The maximum absolute atomic E-state index is 12.6. The fraction of sp³-hybridized carbons (Fsp3) is 0.235. The Morgan fingerprint density at radius 3 is 2.15 bits per heavy atom. The smallest absolute Gasteiger partial charge is 0.285 e. The molecule has 0 aliphatic rings. The van der Waals surface area contributed by atoms with Crippen molar-refractivity contribution in [3.63, 3.8) is 0 Å². The van der Waals surface area contributed by atoms with E-state index < -0.39 is 10.0 Å². The van der Waals surface area contributed by atoms with Crippen molar-refractivity contribution in [1.82, 2.24) is 4.57 Å². The normalized spacial score (nSPS) is 12.4. The first-order valence-corrected chi connectivity index (χ1v) is 9.82. The molecular formula is C17H18N2O5S2. The van der Waals surface area contributed by atoms with Gasteiger partial charge in [0.2, 0.25) is 4.80 Å². The lowest BCUT2D eigenvalue weighted by molar-refractivity contribution is 0.356. The van der Waals surface area contributed by atoms with Crippen LogP contribution in [0, 0.1) is 0 Å². The summed E-state index contributed by atoms with van der Waals surface area (Å²) >= 11 is 1.26. The Morgan fingerprint density at radius 1 is 0.962 bits per heavy atom. The Kier molecular flexibility index (Phi) is 4.92. The molecule has 0 bridgehead atoms. The van der Waals surface area contributed by atoms with Crippen LogP contribution in [0.3, 0.4) is 0 Å². The van der Waals surface area contributed by atoms with Gasteiger partial charge in [-0.15, -0.1) is 4.40 Å². The summed E-state index contributed by atoms with van der Waals surface area (Å²) in [6.07, 6.45) is 0. The third-order valence-corrected chi connectivity index (χ3v) is 6.36. The minimum atomic E-state index is -3.84. The molecule has 0 aliphatic heterocycles. The van der Waals surface area contributed by atoms with Gasteiger partial charge in [0, 0.05) is 19.2 Å². The topological polar surface area (TPSA) is 79.1 Å². The molecule has 138 valence electrons. The number of ether oxygens (including phenoxy) is 3. The van der Waals surface area contributed by atoms with Crippen LogP contribution in [0.25, 0.3) is 10.2 Å². The van der Waals surface area contributed by atoms with Crippen molar-refractivity contribution in [2.24, 2.45) is 11.4 Å². The molecule has 0 spiro atoms. The zero-order chi connectivity index (χ0) is 18.9. The number of rotatable bonds is 5. The van der Waals surface area contributed by atoms with E-state index in [4.69, 9.17) is 14.2 Å². The molecule has 0 amide bonds. The molecule has 0 aliphatic carbocycles. The summed E-state index contributed by atoms with van der Waals surface area (Å²) in [5.74, 6) is 1.72. The molecule has 0 fully saturated rings. The lowest BCUT2D eigenvalue weighted by Crippen LogP contribution is -2.13. The zero-order valence-electron chi connectivity index (χ0n) is 14.7. The number of hydrogen-bond acceptors (Lipinski definition) is 6. The van der Waals surface area contributed by atoms with E-state index in [1.807, 2.05) is 0 Å².